The second kappa shape index (κ2) is 9.47. The molecule has 3 aliphatic rings. The van der Waals surface area contributed by atoms with Crippen molar-refractivity contribution in [2.45, 2.75) is 81.3 Å². The van der Waals surface area contributed by atoms with E-state index in [1.165, 1.54) is 0 Å². The van der Waals surface area contributed by atoms with Crippen LogP contribution in [0.3, 0.4) is 0 Å². The molecule has 30 heavy (non-hydrogen) atoms. The molecule has 2 N–H and O–H groups in total. The molecule has 1 spiro atoms. The smallest absolute Gasteiger partial charge is 0.311 e. The molecule has 0 saturated carbocycles. The van der Waals surface area contributed by atoms with Gasteiger partial charge in [-0.25, -0.2) is 0 Å². The maximum Gasteiger partial charge on any atom is 0.311 e. The predicted octanol–water partition coefficient (Wildman–Crippen LogP) is 2.11. The van der Waals surface area contributed by atoms with E-state index in [4.69, 9.17) is 4.74 Å². The topological polar surface area (TPSA) is 95.9 Å². The van der Waals surface area contributed by atoms with E-state index in [0.29, 0.717) is 25.9 Å². The molecule has 5 atom stereocenters. The molecule has 0 aromatic carbocycles. The first-order valence-corrected chi connectivity index (χ1v) is 12.2. The van der Waals surface area contributed by atoms with Crippen molar-refractivity contribution in [3.8, 4) is 0 Å². The molecule has 0 aliphatic carbocycles. The van der Waals surface area contributed by atoms with Gasteiger partial charge in [-0.15, -0.1) is 11.8 Å². The van der Waals surface area contributed by atoms with Gasteiger partial charge in [-0.1, -0.05) is 19.8 Å². The van der Waals surface area contributed by atoms with Gasteiger partial charge in [-0.2, -0.15) is 0 Å². The number of amides is 2. The molecule has 2 amide bonds. The Labute approximate surface area is 183 Å². The van der Waals surface area contributed by atoms with E-state index >= 15 is 0 Å². The third kappa shape index (κ3) is 3.85. The quantitative estimate of drug-likeness (QED) is 0.377. The molecule has 3 saturated heterocycles. The molecule has 3 rings (SSSR count). The van der Waals surface area contributed by atoms with Gasteiger partial charge in [0.15, 0.2) is 0 Å². The van der Waals surface area contributed by atoms with Gasteiger partial charge in [0.2, 0.25) is 11.8 Å². The Bertz CT molecular complexity index is 674. The lowest BCUT2D eigenvalue weighted by molar-refractivity contribution is -0.155. The minimum Gasteiger partial charge on any atom is -0.466 e. The summed E-state index contributed by atoms with van der Waals surface area (Å²) in [6.07, 6.45) is 5.82. The second-order valence-corrected chi connectivity index (χ2v) is 10.8. The predicted molar refractivity (Wildman–Crippen MR) is 116 cm³/mol. The summed E-state index contributed by atoms with van der Waals surface area (Å²) in [5.74, 6) is -1.54. The lowest BCUT2D eigenvalue weighted by atomic mass is 9.66. The van der Waals surface area contributed by atoms with Crippen molar-refractivity contribution in [1.82, 2.24) is 10.2 Å². The molecule has 3 heterocycles. The molecular formula is C22H36N2O5S. The average Bonchev–Trinajstić information content (AvgIpc) is 3.27. The largest absolute Gasteiger partial charge is 0.466 e. The van der Waals surface area contributed by atoms with Crippen LogP contribution in [0.5, 0.6) is 0 Å². The van der Waals surface area contributed by atoms with Gasteiger partial charge < -0.3 is 20.1 Å². The highest BCUT2D eigenvalue weighted by Gasteiger charge is 2.77. The fourth-order valence-electron chi connectivity index (χ4n) is 5.63. The summed E-state index contributed by atoms with van der Waals surface area (Å²) < 4.78 is 4.42. The van der Waals surface area contributed by atoms with Crippen LogP contribution in [0.2, 0.25) is 0 Å². The first-order chi connectivity index (χ1) is 14.4. The minimum atomic E-state index is -0.572. The average molecular weight is 441 g/mol. The number of carbonyl (C=O) groups is 3. The first kappa shape index (κ1) is 23.4. The lowest BCUT2D eigenvalue weighted by Crippen LogP contribution is -2.53. The fraction of sp³-hybridized carbons (Fsp3) is 0.864. The maximum atomic E-state index is 13.6. The van der Waals surface area contributed by atoms with Crippen LogP contribution in [-0.2, 0) is 19.1 Å². The van der Waals surface area contributed by atoms with Gasteiger partial charge in [0.1, 0.15) is 6.04 Å². The molecule has 0 radical (unpaired) electrons. The summed E-state index contributed by atoms with van der Waals surface area (Å²) in [5.41, 5.74) is 0. The molecule has 0 aromatic rings. The summed E-state index contributed by atoms with van der Waals surface area (Å²) in [6.45, 7) is 7.32. The van der Waals surface area contributed by atoms with E-state index < -0.39 is 22.6 Å². The van der Waals surface area contributed by atoms with E-state index in [9.17, 15) is 19.5 Å². The highest BCUT2D eigenvalue weighted by Crippen LogP contribution is 2.71. The number of thioether (sulfide) groups is 1. The number of unbranched alkanes of at least 4 members (excludes halogenated alkanes) is 3. The molecule has 2 unspecified atom stereocenters. The van der Waals surface area contributed by atoms with Gasteiger partial charge in [0, 0.05) is 24.4 Å². The van der Waals surface area contributed by atoms with Crippen molar-refractivity contribution in [2.24, 2.45) is 11.8 Å². The number of carbonyl (C=O) groups excluding carboxylic acids is 3. The Morgan fingerprint density at radius 1 is 1.23 bits per heavy atom. The lowest BCUT2D eigenvalue weighted by Gasteiger charge is -2.34. The Kier molecular flexibility index (Phi) is 7.38. The Morgan fingerprint density at radius 2 is 2.00 bits per heavy atom. The number of aliphatic hydroxyl groups excluding tert-OH is 1. The number of nitrogens with one attached hydrogen (secondary N) is 1. The van der Waals surface area contributed by atoms with Gasteiger partial charge in [0.25, 0.3) is 0 Å². The highest BCUT2D eigenvalue weighted by molar-refractivity contribution is 8.02. The number of likely N-dealkylation sites (tertiary alicyclic amines) is 1. The van der Waals surface area contributed by atoms with Crippen LogP contribution in [-0.4, -0.2) is 69.6 Å². The van der Waals surface area contributed by atoms with Crippen molar-refractivity contribution in [2.75, 3.05) is 26.3 Å². The van der Waals surface area contributed by atoms with Crippen LogP contribution in [0.15, 0.2) is 0 Å². The van der Waals surface area contributed by atoms with Gasteiger partial charge in [-0.3, -0.25) is 14.4 Å². The summed E-state index contributed by atoms with van der Waals surface area (Å²) in [4.78, 5) is 41.5. The third-order valence-corrected chi connectivity index (χ3v) is 8.94. The number of fused-ring (bicyclic) bond motifs is 1. The summed E-state index contributed by atoms with van der Waals surface area (Å²) in [6, 6.07) is -0.568. The molecular weight excluding hydrogens is 404 g/mol. The van der Waals surface area contributed by atoms with Gasteiger partial charge in [-0.05, 0) is 46.0 Å². The minimum absolute atomic E-state index is 0.0583. The molecule has 3 fully saturated rings. The van der Waals surface area contributed by atoms with Crippen molar-refractivity contribution in [1.29, 1.82) is 0 Å². The Hall–Kier alpha value is -1.28. The number of ether oxygens (including phenoxy) is 1. The van der Waals surface area contributed by atoms with E-state index in [1.807, 2.05) is 6.92 Å². The Balaban J connectivity index is 1.89. The number of esters is 1. The van der Waals surface area contributed by atoms with E-state index in [0.717, 1.165) is 32.1 Å². The Morgan fingerprint density at radius 3 is 2.67 bits per heavy atom. The zero-order valence-corrected chi connectivity index (χ0v) is 19.3. The van der Waals surface area contributed by atoms with Gasteiger partial charge >= 0.3 is 5.97 Å². The number of hydrogen-bond acceptors (Lipinski definition) is 6. The number of rotatable bonds is 11. The zero-order chi connectivity index (χ0) is 21.9. The highest BCUT2D eigenvalue weighted by atomic mass is 32.2. The van der Waals surface area contributed by atoms with Crippen LogP contribution in [0.4, 0.5) is 0 Å². The summed E-state index contributed by atoms with van der Waals surface area (Å²) in [7, 11) is 0. The van der Waals surface area contributed by atoms with Crippen molar-refractivity contribution < 1.29 is 24.2 Å². The van der Waals surface area contributed by atoms with Crippen LogP contribution in [0.25, 0.3) is 0 Å². The molecule has 2 bridgehead atoms. The number of hydrogen-bond donors (Lipinski definition) is 2. The summed E-state index contributed by atoms with van der Waals surface area (Å²) in [5, 5.41) is 12.2. The standard InChI is InChI=1S/C22H36N2O5S/c1-4-6-7-12-23-18(26)17-22-11-10-21(3,30-22)16(20(28)29-5-2)15(22)19(27)24(17)13-8-9-14-25/h15-17,25H,4-14H2,1-3H3,(H,23,26)/t15-,16+,17?,21-,22?/m0/s1. The third-order valence-electron chi connectivity index (χ3n) is 6.95. The maximum absolute atomic E-state index is 13.6. The number of aliphatic hydroxyl groups is 1. The van der Waals surface area contributed by atoms with Crippen molar-refractivity contribution >= 4 is 29.5 Å². The van der Waals surface area contributed by atoms with E-state index in [1.54, 1.807) is 23.6 Å². The first-order valence-electron chi connectivity index (χ1n) is 11.4. The molecule has 8 heteroatoms. The van der Waals surface area contributed by atoms with E-state index in [2.05, 4.69) is 12.2 Å². The van der Waals surface area contributed by atoms with Crippen LogP contribution >= 0.6 is 11.8 Å². The summed E-state index contributed by atoms with van der Waals surface area (Å²) >= 11 is 1.67. The van der Waals surface area contributed by atoms with Crippen molar-refractivity contribution in [3.63, 3.8) is 0 Å². The normalized spacial score (nSPS) is 34.3. The van der Waals surface area contributed by atoms with Crippen LogP contribution in [0, 0.1) is 11.8 Å². The monoisotopic (exact) mass is 440 g/mol. The van der Waals surface area contributed by atoms with Crippen LogP contribution < -0.4 is 5.32 Å². The second-order valence-electron chi connectivity index (χ2n) is 8.94. The van der Waals surface area contributed by atoms with Gasteiger partial charge in [0.05, 0.1) is 23.2 Å². The fourth-order valence-corrected chi connectivity index (χ4v) is 7.98. The number of nitrogens with zero attached hydrogens (tertiary/aromatic N) is 1. The molecule has 170 valence electrons. The van der Waals surface area contributed by atoms with Crippen LogP contribution in [0.1, 0.15) is 65.7 Å². The molecule has 0 aromatic heterocycles. The van der Waals surface area contributed by atoms with E-state index in [-0.39, 0.29) is 35.7 Å². The van der Waals surface area contributed by atoms with Crippen molar-refractivity contribution in [3.05, 3.63) is 0 Å². The molecule has 3 aliphatic heterocycles. The zero-order valence-electron chi connectivity index (χ0n) is 18.4. The SMILES string of the molecule is CCCCCNC(=O)C1N(CCCCO)C(=O)[C@@H]2[C@H](C(=O)OCC)[C@]3(C)CCC12S3. The molecule has 7 nitrogen and oxygen atoms in total.